The first-order valence-corrected chi connectivity index (χ1v) is 7.09. The highest BCUT2D eigenvalue weighted by molar-refractivity contribution is 6.33. The van der Waals surface area contributed by atoms with Gasteiger partial charge in [0.25, 0.3) is 0 Å². The van der Waals surface area contributed by atoms with Crippen LogP contribution >= 0.6 is 11.6 Å². The van der Waals surface area contributed by atoms with Crippen molar-refractivity contribution in [3.63, 3.8) is 0 Å². The number of nitrogen functional groups attached to an aromatic ring is 1. The summed E-state index contributed by atoms with van der Waals surface area (Å²) in [6.45, 7) is 5.29. The molecular formula is C15H22ClNO. The molecule has 0 saturated heterocycles. The minimum Gasteiger partial charge on any atom is -0.398 e. The van der Waals surface area contributed by atoms with Gasteiger partial charge in [0, 0.05) is 0 Å². The van der Waals surface area contributed by atoms with Gasteiger partial charge in [-0.1, -0.05) is 31.5 Å². The highest BCUT2D eigenvalue weighted by Crippen LogP contribution is 2.31. The van der Waals surface area contributed by atoms with Gasteiger partial charge in [-0.05, 0) is 48.8 Å². The van der Waals surface area contributed by atoms with Crippen molar-refractivity contribution in [2.45, 2.75) is 45.8 Å². The number of hydrogen-bond acceptors (Lipinski definition) is 2. The fourth-order valence-electron chi connectivity index (χ4n) is 2.55. The van der Waals surface area contributed by atoms with Gasteiger partial charge in [-0.15, -0.1) is 0 Å². The van der Waals surface area contributed by atoms with Gasteiger partial charge < -0.3 is 10.5 Å². The first-order valence-electron chi connectivity index (χ1n) is 6.71. The lowest BCUT2D eigenvalue weighted by Gasteiger charge is -2.32. The average molecular weight is 268 g/mol. The Morgan fingerprint density at radius 2 is 2.06 bits per heavy atom. The van der Waals surface area contributed by atoms with Gasteiger partial charge in [-0.3, -0.25) is 0 Å². The largest absolute Gasteiger partial charge is 0.398 e. The molecule has 0 bridgehead atoms. The van der Waals surface area contributed by atoms with Crippen molar-refractivity contribution in [2.24, 2.45) is 11.8 Å². The third-order valence-corrected chi connectivity index (χ3v) is 4.44. The second kappa shape index (κ2) is 5.94. The third kappa shape index (κ3) is 3.39. The van der Waals surface area contributed by atoms with Crippen LogP contribution in [0.25, 0.3) is 0 Å². The Hall–Kier alpha value is -0.730. The predicted molar refractivity (Wildman–Crippen MR) is 76.6 cm³/mol. The molecule has 1 aliphatic rings. The smallest absolute Gasteiger partial charge is 0.0721 e. The maximum atomic E-state index is 5.98. The standard InChI is InChI=1S/C15H22ClNO/c1-10-3-5-13(7-11(10)2)18-9-12-4-6-14(16)15(17)8-12/h4,6,8,10-11,13H,3,5,7,9,17H2,1-2H3. The van der Waals surface area contributed by atoms with Gasteiger partial charge in [0.1, 0.15) is 0 Å². The minimum atomic E-state index is 0.396. The normalized spacial score (nSPS) is 28.3. The number of hydrogen-bond donors (Lipinski definition) is 1. The lowest BCUT2D eigenvalue weighted by atomic mass is 9.80. The van der Waals surface area contributed by atoms with Gasteiger partial charge in [-0.2, -0.15) is 0 Å². The second-order valence-corrected chi connectivity index (χ2v) is 5.96. The molecule has 2 rings (SSSR count). The van der Waals surface area contributed by atoms with E-state index in [1.165, 1.54) is 19.3 Å². The Morgan fingerprint density at radius 1 is 1.28 bits per heavy atom. The molecule has 0 radical (unpaired) electrons. The SMILES string of the molecule is CC1CCC(OCc2ccc(Cl)c(N)c2)CC1C. The summed E-state index contributed by atoms with van der Waals surface area (Å²) in [5.41, 5.74) is 7.51. The molecule has 100 valence electrons. The molecule has 0 heterocycles. The van der Waals surface area contributed by atoms with E-state index in [1.807, 2.05) is 18.2 Å². The van der Waals surface area contributed by atoms with Crippen LogP contribution in [-0.2, 0) is 11.3 Å². The molecule has 2 N–H and O–H groups in total. The second-order valence-electron chi connectivity index (χ2n) is 5.56. The maximum Gasteiger partial charge on any atom is 0.0721 e. The van der Waals surface area contributed by atoms with Crippen molar-refractivity contribution in [1.82, 2.24) is 0 Å². The monoisotopic (exact) mass is 267 g/mol. The minimum absolute atomic E-state index is 0.396. The van der Waals surface area contributed by atoms with Crippen molar-refractivity contribution in [3.05, 3.63) is 28.8 Å². The molecule has 0 amide bonds. The van der Waals surface area contributed by atoms with Gasteiger partial charge >= 0.3 is 0 Å². The number of halogens is 1. The highest BCUT2D eigenvalue weighted by Gasteiger charge is 2.24. The van der Waals surface area contributed by atoms with Crippen LogP contribution in [0.4, 0.5) is 5.69 Å². The van der Waals surface area contributed by atoms with Crippen LogP contribution in [0.2, 0.25) is 5.02 Å². The molecule has 3 atom stereocenters. The summed E-state index contributed by atoms with van der Waals surface area (Å²) in [5, 5.41) is 0.610. The highest BCUT2D eigenvalue weighted by atomic mass is 35.5. The van der Waals surface area contributed by atoms with Crippen LogP contribution in [0.1, 0.15) is 38.7 Å². The summed E-state index contributed by atoms with van der Waals surface area (Å²) in [5.74, 6) is 1.59. The molecular weight excluding hydrogens is 246 g/mol. The molecule has 18 heavy (non-hydrogen) atoms. The molecule has 0 aromatic heterocycles. The van der Waals surface area contributed by atoms with Crippen molar-refractivity contribution in [3.8, 4) is 0 Å². The summed E-state index contributed by atoms with van der Waals surface area (Å²) in [6.07, 6.45) is 4.01. The zero-order valence-corrected chi connectivity index (χ0v) is 11.9. The molecule has 1 saturated carbocycles. The summed E-state index contributed by atoms with van der Waals surface area (Å²) in [4.78, 5) is 0. The van der Waals surface area contributed by atoms with Crippen LogP contribution in [0.15, 0.2) is 18.2 Å². The van der Waals surface area contributed by atoms with Gasteiger partial charge in [0.15, 0.2) is 0 Å². The van der Waals surface area contributed by atoms with Crippen LogP contribution in [0.3, 0.4) is 0 Å². The van der Waals surface area contributed by atoms with Gasteiger partial charge in [-0.25, -0.2) is 0 Å². The fourth-order valence-corrected chi connectivity index (χ4v) is 2.66. The van der Waals surface area contributed by atoms with Gasteiger partial charge in [0.05, 0.1) is 23.4 Å². The Kier molecular flexibility index (Phi) is 4.52. The zero-order chi connectivity index (χ0) is 13.1. The van der Waals surface area contributed by atoms with Crippen molar-refractivity contribution >= 4 is 17.3 Å². The lowest BCUT2D eigenvalue weighted by molar-refractivity contribution is -0.00743. The Bertz CT molecular complexity index is 407. The zero-order valence-electron chi connectivity index (χ0n) is 11.2. The van der Waals surface area contributed by atoms with E-state index in [4.69, 9.17) is 22.1 Å². The molecule has 3 heteroatoms. The number of ether oxygens (including phenoxy) is 1. The first-order chi connectivity index (χ1) is 8.56. The summed E-state index contributed by atoms with van der Waals surface area (Å²) in [7, 11) is 0. The van der Waals surface area contributed by atoms with E-state index in [1.54, 1.807) is 0 Å². The molecule has 1 fully saturated rings. The Balaban J connectivity index is 1.86. The molecule has 1 aliphatic carbocycles. The topological polar surface area (TPSA) is 35.2 Å². The van der Waals surface area contributed by atoms with E-state index in [-0.39, 0.29) is 0 Å². The molecule has 1 aromatic rings. The van der Waals surface area contributed by atoms with Crippen molar-refractivity contribution in [1.29, 1.82) is 0 Å². The number of anilines is 1. The summed E-state index contributed by atoms with van der Waals surface area (Å²) in [6, 6.07) is 5.71. The lowest BCUT2D eigenvalue weighted by Crippen LogP contribution is -2.26. The Morgan fingerprint density at radius 3 is 2.72 bits per heavy atom. The fraction of sp³-hybridized carbons (Fsp3) is 0.600. The molecule has 0 spiro atoms. The molecule has 3 unspecified atom stereocenters. The van der Waals surface area contributed by atoms with E-state index in [9.17, 15) is 0 Å². The number of nitrogens with two attached hydrogens (primary N) is 1. The number of rotatable bonds is 3. The van der Waals surface area contributed by atoms with Crippen LogP contribution < -0.4 is 5.73 Å². The van der Waals surface area contributed by atoms with E-state index in [2.05, 4.69) is 13.8 Å². The summed E-state index contributed by atoms with van der Waals surface area (Å²) < 4.78 is 5.98. The maximum absolute atomic E-state index is 5.98. The van der Waals surface area contributed by atoms with E-state index < -0.39 is 0 Å². The summed E-state index contributed by atoms with van der Waals surface area (Å²) >= 11 is 5.90. The quantitative estimate of drug-likeness (QED) is 0.831. The molecule has 2 nitrogen and oxygen atoms in total. The van der Waals surface area contributed by atoms with E-state index >= 15 is 0 Å². The van der Waals surface area contributed by atoms with Crippen LogP contribution in [0.5, 0.6) is 0 Å². The predicted octanol–water partition coefficient (Wildman–Crippen LogP) is 4.26. The molecule has 0 aliphatic heterocycles. The van der Waals surface area contributed by atoms with Crippen LogP contribution in [0, 0.1) is 11.8 Å². The van der Waals surface area contributed by atoms with E-state index in [0.29, 0.717) is 23.4 Å². The van der Waals surface area contributed by atoms with Gasteiger partial charge in [0.2, 0.25) is 0 Å². The average Bonchev–Trinajstić information content (AvgIpc) is 2.35. The van der Waals surface area contributed by atoms with Crippen LogP contribution in [-0.4, -0.2) is 6.10 Å². The Labute approximate surface area is 114 Å². The van der Waals surface area contributed by atoms with Crippen molar-refractivity contribution < 1.29 is 4.74 Å². The van der Waals surface area contributed by atoms with E-state index in [0.717, 1.165) is 17.4 Å². The van der Waals surface area contributed by atoms with Crippen molar-refractivity contribution in [2.75, 3.05) is 5.73 Å². The number of benzene rings is 1. The third-order valence-electron chi connectivity index (χ3n) is 4.10. The molecule has 1 aromatic carbocycles. The first kappa shape index (κ1) is 13.7.